The number of aliphatic hydroxyl groups excluding tert-OH is 1. The molecule has 0 bridgehead atoms. The lowest BCUT2D eigenvalue weighted by atomic mass is 10.1. The lowest BCUT2D eigenvalue weighted by molar-refractivity contribution is 0.0941. The highest BCUT2D eigenvalue weighted by Gasteiger charge is 2.14. The van der Waals surface area contributed by atoms with Crippen LogP contribution in [0.4, 0.5) is 4.39 Å². The van der Waals surface area contributed by atoms with Gasteiger partial charge in [0.25, 0.3) is 5.91 Å². The van der Waals surface area contributed by atoms with Crippen LogP contribution in [0.5, 0.6) is 0 Å². The second-order valence-corrected chi connectivity index (χ2v) is 5.50. The first kappa shape index (κ1) is 16.2. The summed E-state index contributed by atoms with van der Waals surface area (Å²) >= 11 is 0. The summed E-state index contributed by atoms with van der Waals surface area (Å²) in [7, 11) is 1.72. The summed E-state index contributed by atoms with van der Waals surface area (Å²) < 4.78 is 14.9. The zero-order valence-corrected chi connectivity index (χ0v) is 12.9. The quantitative estimate of drug-likeness (QED) is 0.889. The van der Waals surface area contributed by atoms with Gasteiger partial charge in [-0.15, -0.1) is 0 Å². The van der Waals surface area contributed by atoms with Crippen LogP contribution in [0.15, 0.2) is 24.3 Å². The van der Waals surface area contributed by atoms with Crippen molar-refractivity contribution < 1.29 is 14.3 Å². The lowest BCUT2D eigenvalue weighted by Gasteiger charge is -2.07. The Morgan fingerprint density at radius 1 is 1.41 bits per heavy atom. The number of hydrogen-bond donors (Lipinski definition) is 2. The van der Waals surface area contributed by atoms with Crippen LogP contribution in [-0.2, 0) is 20.2 Å². The molecule has 0 aliphatic rings. The molecule has 118 valence electrons. The third-order valence-electron chi connectivity index (χ3n) is 3.46. The molecule has 1 amide bonds. The molecular weight excluding hydrogens is 285 g/mol. The van der Waals surface area contributed by atoms with Gasteiger partial charge in [-0.1, -0.05) is 19.9 Å². The normalized spacial score (nSPS) is 11.0. The second-order valence-electron chi connectivity index (χ2n) is 5.50. The molecular formula is C16H20FN3O2. The summed E-state index contributed by atoms with van der Waals surface area (Å²) in [5.41, 5.74) is 2.28. The Labute approximate surface area is 128 Å². The minimum atomic E-state index is -0.453. The molecule has 1 aromatic heterocycles. The average molecular weight is 305 g/mol. The van der Waals surface area contributed by atoms with Crippen molar-refractivity contribution in [1.82, 2.24) is 15.1 Å². The van der Waals surface area contributed by atoms with Crippen LogP contribution in [0.1, 0.15) is 47.1 Å². The SMILES string of the molecule is CC(C)c1cc(C(=O)NCc2ccc(F)c(CO)c2)n(C)n1. The van der Waals surface area contributed by atoms with E-state index in [4.69, 9.17) is 5.11 Å². The van der Waals surface area contributed by atoms with Crippen molar-refractivity contribution in [3.8, 4) is 0 Å². The number of carbonyl (C=O) groups excluding carboxylic acids is 1. The molecule has 2 rings (SSSR count). The Morgan fingerprint density at radius 3 is 2.73 bits per heavy atom. The smallest absolute Gasteiger partial charge is 0.269 e. The van der Waals surface area contributed by atoms with Gasteiger partial charge in [0.2, 0.25) is 0 Å². The van der Waals surface area contributed by atoms with Gasteiger partial charge in [-0.2, -0.15) is 5.10 Å². The Hall–Kier alpha value is -2.21. The molecule has 0 atom stereocenters. The first-order valence-corrected chi connectivity index (χ1v) is 7.12. The van der Waals surface area contributed by atoms with E-state index >= 15 is 0 Å². The van der Waals surface area contributed by atoms with E-state index in [1.807, 2.05) is 13.8 Å². The van der Waals surface area contributed by atoms with Gasteiger partial charge in [0.1, 0.15) is 11.5 Å². The van der Waals surface area contributed by atoms with E-state index in [1.165, 1.54) is 6.07 Å². The number of halogens is 1. The molecule has 1 aromatic carbocycles. The number of carbonyl (C=O) groups is 1. The number of nitrogens with zero attached hydrogens (tertiary/aromatic N) is 2. The Bertz CT molecular complexity index is 680. The predicted octanol–water partition coefficient (Wildman–Crippen LogP) is 2.10. The highest BCUT2D eigenvalue weighted by Crippen LogP contribution is 2.14. The predicted molar refractivity (Wildman–Crippen MR) is 80.8 cm³/mol. The molecule has 22 heavy (non-hydrogen) atoms. The van der Waals surface area contributed by atoms with E-state index in [0.717, 1.165) is 11.3 Å². The monoisotopic (exact) mass is 305 g/mol. The number of hydrogen-bond acceptors (Lipinski definition) is 3. The molecule has 6 heteroatoms. The van der Waals surface area contributed by atoms with E-state index in [9.17, 15) is 9.18 Å². The molecule has 0 saturated carbocycles. The molecule has 0 aliphatic carbocycles. The highest BCUT2D eigenvalue weighted by atomic mass is 19.1. The van der Waals surface area contributed by atoms with Crippen LogP contribution in [-0.4, -0.2) is 20.8 Å². The lowest BCUT2D eigenvalue weighted by Crippen LogP contribution is -2.25. The standard InChI is InChI=1S/C16H20FN3O2/c1-10(2)14-7-15(20(3)19-14)16(22)18-8-11-4-5-13(17)12(6-11)9-21/h4-7,10,21H,8-9H2,1-3H3,(H,18,22). The minimum Gasteiger partial charge on any atom is -0.392 e. The zero-order valence-electron chi connectivity index (χ0n) is 12.9. The highest BCUT2D eigenvalue weighted by molar-refractivity contribution is 5.92. The van der Waals surface area contributed by atoms with Crippen LogP contribution in [0.2, 0.25) is 0 Å². The first-order chi connectivity index (χ1) is 10.4. The van der Waals surface area contributed by atoms with E-state index < -0.39 is 5.82 Å². The maximum Gasteiger partial charge on any atom is 0.269 e. The Morgan fingerprint density at radius 2 is 2.14 bits per heavy atom. The van der Waals surface area contributed by atoms with Crippen molar-refractivity contribution in [2.24, 2.45) is 7.05 Å². The maximum atomic E-state index is 13.3. The van der Waals surface area contributed by atoms with E-state index in [2.05, 4.69) is 10.4 Å². The third kappa shape index (κ3) is 3.51. The number of amides is 1. The molecule has 0 aliphatic heterocycles. The first-order valence-electron chi connectivity index (χ1n) is 7.12. The summed E-state index contributed by atoms with van der Waals surface area (Å²) in [6, 6.07) is 6.17. The van der Waals surface area contributed by atoms with Gasteiger partial charge in [-0.05, 0) is 29.7 Å². The van der Waals surface area contributed by atoms with Crippen LogP contribution < -0.4 is 5.32 Å². The Balaban J connectivity index is 2.07. The van der Waals surface area contributed by atoms with Gasteiger partial charge in [0.15, 0.2) is 0 Å². The van der Waals surface area contributed by atoms with Crippen LogP contribution in [0.3, 0.4) is 0 Å². The number of aliphatic hydroxyl groups is 1. The molecule has 2 N–H and O–H groups in total. The summed E-state index contributed by atoms with van der Waals surface area (Å²) in [6.45, 7) is 3.92. The number of aromatic nitrogens is 2. The molecule has 0 saturated heterocycles. The summed E-state index contributed by atoms with van der Waals surface area (Å²) in [6.07, 6.45) is 0. The van der Waals surface area contributed by atoms with Gasteiger partial charge in [0, 0.05) is 19.2 Å². The fourth-order valence-corrected chi connectivity index (χ4v) is 2.12. The van der Waals surface area contributed by atoms with Crippen LogP contribution in [0.25, 0.3) is 0 Å². The molecule has 0 fully saturated rings. The van der Waals surface area contributed by atoms with Gasteiger partial charge < -0.3 is 10.4 Å². The summed E-state index contributed by atoms with van der Waals surface area (Å²) in [5.74, 6) is -0.445. The van der Waals surface area contributed by atoms with Gasteiger partial charge in [0.05, 0.1) is 12.3 Å². The van der Waals surface area contributed by atoms with Gasteiger partial charge in [-0.25, -0.2) is 4.39 Å². The average Bonchev–Trinajstić information content (AvgIpc) is 2.88. The fourth-order valence-electron chi connectivity index (χ4n) is 2.12. The largest absolute Gasteiger partial charge is 0.392 e. The number of benzene rings is 1. The molecule has 0 spiro atoms. The van der Waals surface area contributed by atoms with Crippen molar-refractivity contribution in [1.29, 1.82) is 0 Å². The molecule has 1 heterocycles. The molecule has 0 unspecified atom stereocenters. The van der Waals surface area contributed by atoms with Crippen LogP contribution >= 0.6 is 0 Å². The maximum absolute atomic E-state index is 13.3. The number of nitrogens with one attached hydrogen (secondary N) is 1. The third-order valence-corrected chi connectivity index (χ3v) is 3.46. The van der Waals surface area contributed by atoms with E-state index in [-0.39, 0.29) is 30.5 Å². The second kappa shape index (κ2) is 6.70. The molecule has 5 nitrogen and oxygen atoms in total. The minimum absolute atomic E-state index is 0.217. The Kier molecular flexibility index (Phi) is 4.92. The van der Waals surface area contributed by atoms with Crippen molar-refractivity contribution >= 4 is 5.91 Å². The topological polar surface area (TPSA) is 67.2 Å². The van der Waals surface area contributed by atoms with Crippen molar-refractivity contribution in [2.45, 2.75) is 32.9 Å². The summed E-state index contributed by atoms with van der Waals surface area (Å²) in [4.78, 5) is 12.2. The number of aryl methyl sites for hydroxylation is 1. The van der Waals surface area contributed by atoms with Crippen molar-refractivity contribution in [3.05, 3.63) is 52.6 Å². The fraction of sp³-hybridized carbons (Fsp3) is 0.375. The van der Waals surface area contributed by atoms with Crippen molar-refractivity contribution in [2.75, 3.05) is 0 Å². The van der Waals surface area contributed by atoms with Gasteiger partial charge in [-0.3, -0.25) is 9.48 Å². The zero-order chi connectivity index (χ0) is 16.3. The van der Waals surface area contributed by atoms with Crippen LogP contribution in [0, 0.1) is 5.82 Å². The van der Waals surface area contributed by atoms with E-state index in [0.29, 0.717) is 5.69 Å². The van der Waals surface area contributed by atoms with Gasteiger partial charge >= 0.3 is 0 Å². The summed E-state index contributed by atoms with van der Waals surface area (Å²) in [5, 5.41) is 16.1. The van der Waals surface area contributed by atoms with E-state index in [1.54, 1.807) is 29.9 Å². The molecule has 0 radical (unpaired) electrons. The molecule has 2 aromatic rings. The number of rotatable bonds is 5. The van der Waals surface area contributed by atoms with Crippen molar-refractivity contribution in [3.63, 3.8) is 0 Å².